The average Bonchev–Trinajstić information content (AvgIpc) is 2.63. The van der Waals surface area contributed by atoms with E-state index in [0.717, 1.165) is 32.0 Å². The van der Waals surface area contributed by atoms with Crippen LogP contribution in [-0.4, -0.2) is 21.9 Å². The molecule has 6 heteroatoms. The molecule has 0 unspecified atom stereocenters. The van der Waals surface area contributed by atoms with E-state index in [0.29, 0.717) is 0 Å². The Balaban J connectivity index is 1.57. The van der Waals surface area contributed by atoms with Gasteiger partial charge in [0.05, 0.1) is 11.4 Å². The highest BCUT2D eigenvalue weighted by molar-refractivity contribution is 9.10. The first-order valence-electron chi connectivity index (χ1n) is 7.70. The molecule has 0 atom stereocenters. The minimum atomic E-state index is -0.0721. The van der Waals surface area contributed by atoms with Crippen molar-refractivity contribution in [3.63, 3.8) is 0 Å². The van der Waals surface area contributed by atoms with E-state index in [9.17, 15) is 4.79 Å². The third-order valence-corrected chi connectivity index (χ3v) is 4.99. The van der Waals surface area contributed by atoms with Crippen LogP contribution in [0.25, 0.3) is 11.3 Å². The van der Waals surface area contributed by atoms with Crippen LogP contribution >= 0.6 is 27.7 Å². The van der Waals surface area contributed by atoms with Crippen molar-refractivity contribution >= 4 is 39.3 Å². The molecule has 0 aliphatic rings. The molecule has 0 spiro atoms. The van der Waals surface area contributed by atoms with Crippen LogP contribution < -0.4 is 5.32 Å². The summed E-state index contributed by atoms with van der Waals surface area (Å²) in [6.07, 6.45) is 0. The lowest BCUT2D eigenvalue weighted by Gasteiger charge is -2.06. The Morgan fingerprint density at radius 1 is 1.04 bits per heavy atom. The second-order valence-corrected chi connectivity index (χ2v) is 7.33. The molecule has 0 bridgehead atoms. The maximum atomic E-state index is 12.0. The number of hydrogen-bond donors (Lipinski definition) is 1. The molecule has 0 aliphatic carbocycles. The molecule has 25 heavy (non-hydrogen) atoms. The van der Waals surface area contributed by atoms with E-state index >= 15 is 0 Å². The van der Waals surface area contributed by atoms with E-state index in [-0.39, 0.29) is 11.7 Å². The summed E-state index contributed by atoms with van der Waals surface area (Å²) in [5, 5.41) is 12.1. The number of nitrogens with zero attached hydrogens (tertiary/aromatic N) is 2. The number of benzene rings is 2. The van der Waals surface area contributed by atoms with Crippen molar-refractivity contribution in [1.82, 2.24) is 10.2 Å². The summed E-state index contributed by atoms with van der Waals surface area (Å²) >= 11 is 4.73. The van der Waals surface area contributed by atoms with E-state index in [1.165, 1.54) is 11.8 Å². The summed E-state index contributed by atoms with van der Waals surface area (Å²) in [6.45, 7) is 2.05. The molecular weight excluding hydrogens is 398 g/mol. The lowest BCUT2D eigenvalue weighted by atomic mass is 10.1. The third kappa shape index (κ3) is 4.90. The van der Waals surface area contributed by atoms with Gasteiger partial charge in [-0.3, -0.25) is 4.79 Å². The Kier molecular flexibility index (Phi) is 5.83. The summed E-state index contributed by atoms with van der Waals surface area (Å²) in [5.41, 5.74) is 3.84. The zero-order valence-corrected chi connectivity index (χ0v) is 16.0. The molecule has 4 nitrogen and oxygen atoms in total. The van der Waals surface area contributed by atoms with Crippen molar-refractivity contribution < 1.29 is 4.79 Å². The third-order valence-electron chi connectivity index (χ3n) is 3.54. The van der Waals surface area contributed by atoms with Crippen molar-refractivity contribution in [2.75, 3.05) is 11.1 Å². The number of aryl methyl sites for hydroxylation is 1. The SMILES string of the molecule is Cc1ccccc1-c1ccc(SCC(=O)Nc2ccc(Br)cc2)nn1. The molecule has 3 aromatic rings. The van der Waals surface area contributed by atoms with Crippen LogP contribution in [0.1, 0.15) is 5.56 Å². The monoisotopic (exact) mass is 413 g/mol. The minimum Gasteiger partial charge on any atom is -0.325 e. The van der Waals surface area contributed by atoms with Crippen molar-refractivity contribution in [3.8, 4) is 11.3 Å². The van der Waals surface area contributed by atoms with Gasteiger partial charge in [0, 0.05) is 15.7 Å². The number of rotatable bonds is 5. The number of carbonyl (C=O) groups excluding carboxylic acids is 1. The second-order valence-electron chi connectivity index (χ2n) is 5.42. The fourth-order valence-corrected chi connectivity index (χ4v) is 3.15. The van der Waals surface area contributed by atoms with Crippen LogP contribution in [0.5, 0.6) is 0 Å². The lowest BCUT2D eigenvalue weighted by molar-refractivity contribution is -0.113. The van der Waals surface area contributed by atoms with Crippen molar-refractivity contribution in [1.29, 1.82) is 0 Å². The molecule has 0 saturated carbocycles. The van der Waals surface area contributed by atoms with Gasteiger partial charge in [0.25, 0.3) is 0 Å². The summed E-state index contributed by atoms with van der Waals surface area (Å²) in [6, 6.07) is 19.4. The van der Waals surface area contributed by atoms with Gasteiger partial charge in [0.2, 0.25) is 5.91 Å². The summed E-state index contributed by atoms with van der Waals surface area (Å²) in [4.78, 5) is 12.0. The maximum absolute atomic E-state index is 12.0. The highest BCUT2D eigenvalue weighted by Gasteiger charge is 2.07. The topological polar surface area (TPSA) is 54.9 Å². The lowest BCUT2D eigenvalue weighted by Crippen LogP contribution is -2.14. The predicted octanol–water partition coefficient (Wildman–Crippen LogP) is 4.95. The van der Waals surface area contributed by atoms with E-state index in [4.69, 9.17) is 0 Å². The van der Waals surface area contributed by atoms with Gasteiger partial charge in [-0.25, -0.2) is 0 Å². The van der Waals surface area contributed by atoms with Crippen LogP contribution in [0.4, 0.5) is 5.69 Å². The van der Waals surface area contributed by atoms with E-state index in [1.54, 1.807) is 0 Å². The largest absolute Gasteiger partial charge is 0.325 e. The molecule has 1 aromatic heterocycles. The first-order valence-corrected chi connectivity index (χ1v) is 9.47. The Morgan fingerprint density at radius 3 is 2.48 bits per heavy atom. The zero-order chi connectivity index (χ0) is 17.6. The minimum absolute atomic E-state index is 0.0721. The molecule has 0 aliphatic heterocycles. The average molecular weight is 414 g/mol. The number of amides is 1. The zero-order valence-electron chi connectivity index (χ0n) is 13.6. The van der Waals surface area contributed by atoms with Crippen molar-refractivity contribution in [3.05, 3.63) is 70.7 Å². The van der Waals surface area contributed by atoms with Gasteiger partial charge in [-0.15, -0.1) is 10.2 Å². The van der Waals surface area contributed by atoms with Gasteiger partial charge in [-0.05, 0) is 48.9 Å². The van der Waals surface area contributed by atoms with Gasteiger partial charge >= 0.3 is 0 Å². The number of anilines is 1. The molecule has 0 fully saturated rings. The first-order chi connectivity index (χ1) is 12.1. The summed E-state index contributed by atoms with van der Waals surface area (Å²) < 4.78 is 0.976. The molecule has 0 radical (unpaired) electrons. The van der Waals surface area contributed by atoms with Crippen molar-refractivity contribution in [2.24, 2.45) is 0 Å². The van der Waals surface area contributed by atoms with Crippen LogP contribution in [0.15, 0.2) is 70.2 Å². The molecule has 1 amide bonds. The normalized spacial score (nSPS) is 10.5. The Bertz CT molecular complexity index is 867. The van der Waals surface area contributed by atoms with Crippen molar-refractivity contribution in [2.45, 2.75) is 11.9 Å². The molecule has 1 heterocycles. The highest BCUT2D eigenvalue weighted by Crippen LogP contribution is 2.22. The van der Waals surface area contributed by atoms with Crippen LogP contribution in [0.3, 0.4) is 0 Å². The number of aromatic nitrogens is 2. The fraction of sp³-hybridized carbons (Fsp3) is 0.105. The Labute approximate surface area is 159 Å². The first kappa shape index (κ1) is 17.6. The molecule has 3 rings (SSSR count). The van der Waals surface area contributed by atoms with E-state index < -0.39 is 0 Å². The van der Waals surface area contributed by atoms with Gasteiger partial charge in [-0.1, -0.05) is 52.0 Å². The molecular formula is C19H16BrN3OS. The second kappa shape index (κ2) is 8.27. The van der Waals surface area contributed by atoms with Crippen LogP contribution in [0, 0.1) is 6.92 Å². The Morgan fingerprint density at radius 2 is 1.80 bits per heavy atom. The quantitative estimate of drug-likeness (QED) is 0.601. The molecule has 2 aromatic carbocycles. The van der Waals surface area contributed by atoms with Gasteiger partial charge in [-0.2, -0.15) is 0 Å². The molecule has 126 valence electrons. The standard InChI is InChI=1S/C19H16BrN3OS/c1-13-4-2-3-5-16(13)17-10-11-19(23-22-17)25-12-18(24)21-15-8-6-14(20)7-9-15/h2-11H,12H2,1H3,(H,21,24). The number of carbonyl (C=O) groups is 1. The number of nitrogens with one attached hydrogen (secondary N) is 1. The van der Waals surface area contributed by atoms with E-state index in [2.05, 4.69) is 31.4 Å². The summed E-state index contributed by atoms with van der Waals surface area (Å²) in [7, 11) is 0. The number of hydrogen-bond acceptors (Lipinski definition) is 4. The smallest absolute Gasteiger partial charge is 0.234 e. The number of thioether (sulfide) groups is 1. The fourth-order valence-electron chi connectivity index (χ4n) is 2.27. The van der Waals surface area contributed by atoms with Gasteiger partial charge < -0.3 is 5.32 Å². The predicted molar refractivity (Wildman–Crippen MR) is 106 cm³/mol. The Hall–Kier alpha value is -2.18. The van der Waals surface area contributed by atoms with Crippen LogP contribution in [-0.2, 0) is 4.79 Å². The maximum Gasteiger partial charge on any atom is 0.234 e. The molecule has 0 saturated heterocycles. The van der Waals surface area contributed by atoms with Crippen LogP contribution in [0.2, 0.25) is 0 Å². The van der Waals surface area contributed by atoms with Gasteiger partial charge in [0.1, 0.15) is 5.03 Å². The number of halogens is 1. The van der Waals surface area contributed by atoms with Gasteiger partial charge in [0.15, 0.2) is 0 Å². The molecule has 1 N–H and O–H groups in total. The highest BCUT2D eigenvalue weighted by atomic mass is 79.9. The summed E-state index contributed by atoms with van der Waals surface area (Å²) in [5.74, 6) is 0.214. The van der Waals surface area contributed by atoms with E-state index in [1.807, 2.05) is 67.6 Å².